The molecule has 3 nitrogen and oxygen atoms in total. The summed E-state index contributed by atoms with van der Waals surface area (Å²) in [7, 11) is 0. The van der Waals surface area contributed by atoms with Gasteiger partial charge in [0.05, 0.1) is 12.2 Å². The minimum atomic E-state index is -0.667. The lowest BCUT2D eigenvalue weighted by Crippen LogP contribution is -2.27. The topological polar surface area (TPSA) is 46.5 Å². The zero-order valence-corrected chi connectivity index (χ0v) is 13.8. The van der Waals surface area contributed by atoms with Crippen LogP contribution < -0.4 is 0 Å². The van der Waals surface area contributed by atoms with E-state index in [0.717, 1.165) is 12.8 Å². The molecule has 0 bridgehead atoms. The first kappa shape index (κ1) is 18.5. The van der Waals surface area contributed by atoms with Gasteiger partial charge in [0, 0.05) is 6.42 Å². The highest BCUT2D eigenvalue weighted by Crippen LogP contribution is 2.26. The average Bonchev–Trinajstić information content (AvgIpc) is 2.47. The summed E-state index contributed by atoms with van der Waals surface area (Å²) in [6.07, 6.45) is 17.1. The van der Waals surface area contributed by atoms with E-state index in [2.05, 4.69) is 6.92 Å². The van der Waals surface area contributed by atoms with E-state index in [4.69, 9.17) is 9.84 Å². The Morgan fingerprint density at radius 3 is 2.14 bits per heavy atom. The number of aliphatic carboxylic acids is 1. The number of ether oxygens (including phenoxy) is 1. The molecule has 1 rings (SSSR count). The van der Waals surface area contributed by atoms with Crippen molar-refractivity contribution in [1.29, 1.82) is 0 Å². The summed E-state index contributed by atoms with van der Waals surface area (Å²) in [5, 5.41) is 8.57. The molecule has 1 saturated heterocycles. The van der Waals surface area contributed by atoms with E-state index >= 15 is 0 Å². The smallest absolute Gasteiger partial charge is 0.303 e. The second-order valence-electron chi connectivity index (χ2n) is 6.51. The maximum atomic E-state index is 10.4. The van der Waals surface area contributed by atoms with E-state index in [1.54, 1.807) is 0 Å². The molecular formula is C18H34O3. The van der Waals surface area contributed by atoms with E-state index in [9.17, 15) is 4.79 Å². The molecule has 0 aromatic carbocycles. The van der Waals surface area contributed by atoms with Crippen molar-refractivity contribution in [3.63, 3.8) is 0 Å². The Balaban J connectivity index is 1.97. The van der Waals surface area contributed by atoms with Crippen LogP contribution in [0.2, 0.25) is 0 Å². The van der Waals surface area contributed by atoms with E-state index in [1.807, 2.05) is 0 Å². The van der Waals surface area contributed by atoms with E-state index in [1.165, 1.54) is 70.6 Å². The number of carboxylic acids is 1. The molecule has 0 aliphatic carbocycles. The molecule has 1 aliphatic rings. The second-order valence-corrected chi connectivity index (χ2v) is 6.51. The SMILES string of the molecule is CCCCCC1CCCC(CCCCCCCC(=O)O)O1. The number of rotatable bonds is 12. The fraction of sp³-hybridized carbons (Fsp3) is 0.944. The summed E-state index contributed by atoms with van der Waals surface area (Å²) in [4.78, 5) is 10.4. The Morgan fingerprint density at radius 1 is 0.952 bits per heavy atom. The lowest BCUT2D eigenvalue weighted by molar-refractivity contribution is -0.137. The Labute approximate surface area is 130 Å². The van der Waals surface area contributed by atoms with Crippen LogP contribution in [0, 0.1) is 0 Å². The quantitative estimate of drug-likeness (QED) is 0.496. The fourth-order valence-corrected chi connectivity index (χ4v) is 3.21. The van der Waals surface area contributed by atoms with Crippen LogP contribution in [0.1, 0.15) is 96.8 Å². The lowest BCUT2D eigenvalue weighted by Gasteiger charge is -2.30. The molecule has 3 heteroatoms. The van der Waals surface area contributed by atoms with E-state index < -0.39 is 5.97 Å². The fourth-order valence-electron chi connectivity index (χ4n) is 3.21. The molecule has 2 atom stereocenters. The Bertz CT molecular complexity index is 265. The minimum Gasteiger partial charge on any atom is -0.481 e. The van der Waals surface area contributed by atoms with Gasteiger partial charge in [0.15, 0.2) is 0 Å². The van der Waals surface area contributed by atoms with Crippen molar-refractivity contribution < 1.29 is 14.6 Å². The van der Waals surface area contributed by atoms with Gasteiger partial charge in [-0.1, -0.05) is 51.9 Å². The molecule has 1 N–H and O–H groups in total. The molecule has 1 fully saturated rings. The summed E-state index contributed by atoms with van der Waals surface area (Å²) in [6, 6.07) is 0. The third-order valence-electron chi connectivity index (χ3n) is 4.48. The molecule has 0 radical (unpaired) electrons. The van der Waals surface area contributed by atoms with Crippen LogP contribution in [0.15, 0.2) is 0 Å². The summed E-state index contributed by atoms with van der Waals surface area (Å²) >= 11 is 0. The van der Waals surface area contributed by atoms with Crippen molar-refractivity contribution in [1.82, 2.24) is 0 Å². The van der Waals surface area contributed by atoms with Gasteiger partial charge in [0.2, 0.25) is 0 Å². The highest BCUT2D eigenvalue weighted by atomic mass is 16.5. The van der Waals surface area contributed by atoms with Gasteiger partial charge in [-0.2, -0.15) is 0 Å². The highest BCUT2D eigenvalue weighted by molar-refractivity contribution is 5.66. The predicted octanol–water partition coefficient (Wildman–Crippen LogP) is 5.32. The van der Waals surface area contributed by atoms with E-state index in [0.29, 0.717) is 18.6 Å². The van der Waals surface area contributed by atoms with Gasteiger partial charge in [0.1, 0.15) is 0 Å². The van der Waals surface area contributed by atoms with Crippen LogP contribution in [0.4, 0.5) is 0 Å². The number of carbonyl (C=O) groups is 1. The molecule has 124 valence electrons. The highest BCUT2D eigenvalue weighted by Gasteiger charge is 2.21. The predicted molar refractivity (Wildman–Crippen MR) is 86.6 cm³/mol. The number of carboxylic acid groups (broad SMARTS) is 1. The maximum absolute atomic E-state index is 10.4. The zero-order valence-electron chi connectivity index (χ0n) is 13.8. The summed E-state index contributed by atoms with van der Waals surface area (Å²) < 4.78 is 6.21. The number of hydrogen-bond donors (Lipinski definition) is 1. The molecule has 0 spiro atoms. The first-order valence-corrected chi connectivity index (χ1v) is 9.09. The Hall–Kier alpha value is -0.570. The molecule has 1 heterocycles. The molecule has 1 aliphatic heterocycles. The third kappa shape index (κ3) is 9.89. The van der Waals surface area contributed by atoms with Gasteiger partial charge in [-0.25, -0.2) is 0 Å². The monoisotopic (exact) mass is 298 g/mol. The van der Waals surface area contributed by atoms with Gasteiger partial charge < -0.3 is 9.84 Å². The van der Waals surface area contributed by atoms with Gasteiger partial charge >= 0.3 is 5.97 Å². The first-order valence-electron chi connectivity index (χ1n) is 9.09. The van der Waals surface area contributed by atoms with Gasteiger partial charge in [-0.15, -0.1) is 0 Å². The van der Waals surface area contributed by atoms with Gasteiger partial charge in [0.25, 0.3) is 0 Å². The van der Waals surface area contributed by atoms with Crippen molar-refractivity contribution in [3.8, 4) is 0 Å². The van der Waals surface area contributed by atoms with Crippen molar-refractivity contribution in [2.45, 2.75) is 109 Å². The van der Waals surface area contributed by atoms with Crippen molar-refractivity contribution in [2.24, 2.45) is 0 Å². The number of unbranched alkanes of at least 4 members (excludes halogenated alkanes) is 6. The summed E-state index contributed by atoms with van der Waals surface area (Å²) in [6.45, 7) is 2.25. The van der Waals surface area contributed by atoms with Gasteiger partial charge in [-0.05, 0) is 38.5 Å². The lowest BCUT2D eigenvalue weighted by atomic mass is 9.96. The molecular weight excluding hydrogens is 264 g/mol. The van der Waals surface area contributed by atoms with Crippen LogP contribution in [-0.4, -0.2) is 23.3 Å². The minimum absolute atomic E-state index is 0.325. The first-order chi connectivity index (χ1) is 10.2. The molecule has 0 saturated carbocycles. The van der Waals surface area contributed by atoms with E-state index in [-0.39, 0.29) is 0 Å². The normalized spacial score (nSPS) is 22.3. The Kier molecular flexibility index (Phi) is 10.6. The third-order valence-corrected chi connectivity index (χ3v) is 4.48. The summed E-state index contributed by atoms with van der Waals surface area (Å²) in [5.41, 5.74) is 0. The number of hydrogen-bond acceptors (Lipinski definition) is 2. The van der Waals surface area contributed by atoms with Crippen LogP contribution in [-0.2, 0) is 9.53 Å². The van der Waals surface area contributed by atoms with Crippen molar-refractivity contribution in [2.75, 3.05) is 0 Å². The standard InChI is InChI=1S/C18H34O3/c1-2-3-7-11-16-13-10-14-17(21-16)12-8-5-4-6-9-15-18(19)20/h16-17H,2-15H2,1H3,(H,19,20). The average molecular weight is 298 g/mol. The second kappa shape index (κ2) is 12.0. The van der Waals surface area contributed by atoms with Crippen molar-refractivity contribution >= 4 is 5.97 Å². The van der Waals surface area contributed by atoms with Crippen molar-refractivity contribution in [3.05, 3.63) is 0 Å². The van der Waals surface area contributed by atoms with Crippen LogP contribution in [0.5, 0.6) is 0 Å². The summed E-state index contributed by atoms with van der Waals surface area (Å²) in [5.74, 6) is -0.667. The maximum Gasteiger partial charge on any atom is 0.303 e. The molecule has 0 amide bonds. The van der Waals surface area contributed by atoms with Crippen LogP contribution >= 0.6 is 0 Å². The van der Waals surface area contributed by atoms with Crippen LogP contribution in [0.25, 0.3) is 0 Å². The molecule has 2 unspecified atom stereocenters. The molecule has 0 aromatic heterocycles. The molecule has 21 heavy (non-hydrogen) atoms. The van der Waals surface area contributed by atoms with Crippen LogP contribution in [0.3, 0.4) is 0 Å². The van der Waals surface area contributed by atoms with Gasteiger partial charge in [-0.3, -0.25) is 4.79 Å². The largest absolute Gasteiger partial charge is 0.481 e. The Morgan fingerprint density at radius 2 is 1.52 bits per heavy atom. The zero-order chi connectivity index (χ0) is 15.3. The molecule has 0 aromatic rings.